The number of aliphatic hydroxyl groups excluding tert-OH is 1. The molecule has 210 valence electrons. The van der Waals surface area contributed by atoms with Crippen molar-refractivity contribution >= 4 is 17.6 Å². The lowest BCUT2D eigenvalue weighted by Gasteiger charge is -2.35. The van der Waals surface area contributed by atoms with Crippen LogP contribution in [0.5, 0.6) is 5.88 Å². The number of piperazine rings is 1. The van der Waals surface area contributed by atoms with Gasteiger partial charge in [-0.2, -0.15) is 0 Å². The van der Waals surface area contributed by atoms with Crippen LogP contribution in [0.15, 0.2) is 58.2 Å². The van der Waals surface area contributed by atoms with Gasteiger partial charge in [0.2, 0.25) is 11.7 Å². The van der Waals surface area contributed by atoms with Crippen molar-refractivity contribution in [1.82, 2.24) is 19.8 Å². The van der Waals surface area contributed by atoms with Gasteiger partial charge in [-0.3, -0.25) is 14.9 Å². The summed E-state index contributed by atoms with van der Waals surface area (Å²) in [5.41, 5.74) is 0.476. The van der Waals surface area contributed by atoms with E-state index in [0.29, 0.717) is 61.9 Å². The topological polar surface area (TPSA) is 111 Å². The number of aliphatic imine (C=N–C) groups is 2. The molecule has 4 rings (SSSR count). The number of benzene rings is 1. The van der Waals surface area contributed by atoms with Crippen molar-refractivity contribution in [3.05, 3.63) is 75.9 Å². The van der Waals surface area contributed by atoms with Crippen LogP contribution in [0.25, 0.3) is 10.5 Å². The zero-order valence-corrected chi connectivity index (χ0v) is 22.6. The van der Waals surface area contributed by atoms with Gasteiger partial charge >= 0.3 is 5.70 Å². The molecule has 0 saturated carbocycles. The summed E-state index contributed by atoms with van der Waals surface area (Å²) in [4.78, 5) is 25.8. The predicted octanol–water partition coefficient (Wildman–Crippen LogP) is 3.10. The number of hydrogen-bond donors (Lipinski definition) is 2. The molecule has 0 spiro atoms. The summed E-state index contributed by atoms with van der Waals surface area (Å²) in [7, 11) is 1.47. The Balaban J connectivity index is 1.66. The van der Waals surface area contributed by atoms with E-state index in [2.05, 4.69) is 24.7 Å². The minimum absolute atomic E-state index is 0.274. The Kier molecular flexibility index (Phi) is 8.99. The number of nitrogens with zero attached hydrogens (tertiary/aromatic N) is 7. The van der Waals surface area contributed by atoms with Crippen LogP contribution < -0.4 is 4.74 Å². The molecular weight excluding hydrogens is 520 g/mol. The summed E-state index contributed by atoms with van der Waals surface area (Å²) in [6.45, 7) is 11.3. The number of aromatic nitrogens is 2. The molecule has 12 heteroatoms. The number of hydrogen-bond acceptors (Lipinski definition) is 9. The van der Waals surface area contributed by atoms with Gasteiger partial charge < -0.3 is 19.8 Å². The summed E-state index contributed by atoms with van der Waals surface area (Å²) >= 11 is 0. The van der Waals surface area contributed by atoms with Crippen LogP contribution >= 0.6 is 0 Å². The first kappa shape index (κ1) is 28.9. The molecule has 1 atom stereocenters. The lowest BCUT2D eigenvalue weighted by atomic mass is 9.97. The Labute approximate surface area is 231 Å². The molecule has 2 aromatic rings. The molecule has 2 N–H and O–H groups in total. The van der Waals surface area contributed by atoms with Crippen LogP contribution in [-0.2, 0) is 6.54 Å². The van der Waals surface area contributed by atoms with Crippen molar-refractivity contribution in [3.63, 3.8) is 0 Å². The quantitative estimate of drug-likeness (QED) is 0.518. The first-order valence-electron chi connectivity index (χ1n) is 12.7. The Bertz CT molecular complexity index is 1400. The van der Waals surface area contributed by atoms with Crippen LogP contribution in [0.2, 0.25) is 0 Å². The molecule has 1 saturated heterocycles. The van der Waals surface area contributed by atoms with Crippen molar-refractivity contribution in [2.24, 2.45) is 9.98 Å². The molecule has 0 aliphatic carbocycles. The second kappa shape index (κ2) is 12.4. The lowest BCUT2D eigenvalue weighted by molar-refractivity contribution is -0.0287. The van der Waals surface area contributed by atoms with Crippen LogP contribution in [-0.4, -0.2) is 86.9 Å². The molecular formula is C28H32F2N7O3+. The average Bonchev–Trinajstić information content (AvgIpc) is 2.94. The molecule has 3 heterocycles. The Morgan fingerprint density at radius 2 is 1.98 bits per heavy atom. The number of ether oxygens (including phenoxy) is 1. The van der Waals surface area contributed by atoms with Gasteiger partial charge in [0, 0.05) is 57.0 Å². The number of aliphatic hydroxyl groups is 2. The van der Waals surface area contributed by atoms with E-state index in [-0.39, 0.29) is 17.3 Å². The van der Waals surface area contributed by atoms with Gasteiger partial charge in [-0.25, -0.2) is 18.8 Å². The number of allylic oxidation sites excluding steroid dienone is 1. The fraction of sp³-hybridized carbons (Fsp3) is 0.393. The van der Waals surface area contributed by atoms with Crippen molar-refractivity contribution in [3.8, 4) is 12.5 Å². The van der Waals surface area contributed by atoms with Crippen LogP contribution in [0.1, 0.15) is 31.5 Å². The molecule has 0 amide bonds. The smallest absolute Gasteiger partial charge is 0.408 e. The average molecular weight is 553 g/mol. The van der Waals surface area contributed by atoms with Crippen molar-refractivity contribution in [1.29, 1.82) is 0 Å². The second-order valence-corrected chi connectivity index (χ2v) is 9.99. The van der Waals surface area contributed by atoms with Gasteiger partial charge in [0.05, 0.1) is 36.5 Å². The zero-order chi connectivity index (χ0) is 28.9. The largest absolute Gasteiger partial charge is 0.480 e. The molecule has 10 nitrogen and oxygen atoms in total. The van der Waals surface area contributed by atoms with Crippen molar-refractivity contribution in [2.75, 3.05) is 33.3 Å². The molecule has 0 radical (unpaired) electrons. The monoisotopic (exact) mass is 552 g/mol. The standard InChI is InChI=1S/C28H32F2N7O3/c1-28(2,39)26(38)22-14-20(7-8-33-22)34-27(25(31-3)23-15-32-16-24(35-23)40-4)37-11-9-36(10-12-37)17-18-5-6-19(29)13-21(18)30/h3,5-6,8,13-16,26,38-39H,7,9-12,17H2,1-2,4H3/q+1/b27-25+,34-20+. The molecule has 1 aromatic carbocycles. The summed E-state index contributed by atoms with van der Waals surface area (Å²) in [5, 5.41) is 20.8. The minimum Gasteiger partial charge on any atom is -0.480 e. The Hall–Kier alpha value is -4.05. The first-order chi connectivity index (χ1) is 19.1. The zero-order valence-electron chi connectivity index (χ0n) is 22.6. The molecule has 2 aliphatic rings. The van der Waals surface area contributed by atoms with Gasteiger partial charge in [-0.05, 0) is 30.8 Å². The highest BCUT2D eigenvalue weighted by Gasteiger charge is 2.31. The molecule has 40 heavy (non-hydrogen) atoms. The van der Waals surface area contributed by atoms with Gasteiger partial charge in [0.1, 0.15) is 17.7 Å². The number of methoxy groups -OCH3 is 1. The van der Waals surface area contributed by atoms with Crippen molar-refractivity contribution in [2.45, 2.75) is 38.5 Å². The highest BCUT2D eigenvalue weighted by Crippen LogP contribution is 2.27. The van der Waals surface area contributed by atoms with E-state index in [1.807, 2.05) is 4.90 Å². The number of halogens is 2. The van der Waals surface area contributed by atoms with Crippen LogP contribution in [0, 0.1) is 18.2 Å². The molecule has 1 fully saturated rings. The predicted molar refractivity (Wildman–Crippen MR) is 148 cm³/mol. The maximum atomic E-state index is 14.2. The minimum atomic E-state index is -1.40. The van der Waals surface area contributed by atoms with E-state index >= 15 is 0 Å². The lowest BCUT2D eigenvalue weighted by Crippen LogP contribution is -2.45. The normalized spacial score (nSPS) is 18.7. The third kappa shape index (κ3) is 6.93. The Morgan fingerprint density at radius 3 is 2.62 bits per heavy atom. The Morgan fingerprint density at radius 1 is 1.23 bits per heavy atom. The van der Waals surface area contributed by atoms with Gasteiger partial charge in [-0.15, -0.1) is 0 Å². The van der Waals surface area contributed by atoms with Crippen molar-refractivity contribution < 1.29 is 23.7 Å². The molecule has 2 aliphatic heterocycles. The van der Waals surface area contributed by atoms with Gasteiger partial charge in [0.25, 0.3) is 6.57 Å². The van der Waals surface area contributed by atoms with Gasteiger partial charge in [-0.1, -0.05) is 6.07 Å². The maximum Gasteiger partial charge on any atom is 0.408 e. The summed E-state index contributed by atoms with van der Waals surface area (Å²) in [5.74, 6) is -0.489. The third-order valence-corrected chi connectivity index (χ3v) is 6.54. The number of rotatable bonds is 8. The summed E-state index contributed by atoms with van der Waals surface area (Å²) in [6.07, 6.45) is 5.35. The highest BCUT2D eigenvalue weighted by atomic mass is 19.1. The first-order valence-corrected chi connectivity index (χ1v) is 12.7. The molecule has 1 aromatic heterocycles. The summed E-state index contributed by atoms with van der Waals surface area (Å²) in [6, 6.07) is 3.59. The fourth-order valence-electron chi connectivity index (χ4n) is 4.32. The SMILES string of the molecule is C#[N+]/C(=C(\N=C1\C=C(C(O)C(C)(C)O)N=CC1)N1CCN(Cc2ccc(F)cc2F)CC1)c1cncc(OC)n1. The third-order valence-electron chi connectivity index (χ3n) is 6.54. The maximum absolute atomic E-state index is 14.2. The van der Waals surface area contributed by atoms with E-state index < -0.39 is 23.3 Å². The van der Waals surface area contributed by atoms with E-state index in [1.165, 1.54) is 45.5 Å². The van der Waals surface area contributed by atoms with Crippen LogP contribution in [0.4, 0.5) is 8.78 Å². The second-order valence-electron chi connectivity index (χ2n) is 9.99. The molecule has 1 unspecified atom stereocenters. The van der Waals surface area contributed by atoms with E-state index in [9.17, 15) is 19.0 Å². The highest BCUT2D eigenvalue weighted by molar-refractivity contribution is 6.06. The van der Waals surface area contributed by atoms with E-state index in [4.69, 9.17) is 16.3 Å². The van der Waals surface area contributed by atoms with Gasteiger partial charge in [0.15, 0.2) is 5.69 Å². The molecule has 0 bridgehead atoms. The fourth-order valence-corrected chi connectivity index (χ4v) is 4.32. The van der Waals surface area contributed by atoms with E-state index in [1.54, 1.807) is 12.3 Å². The summed E-state index contributed by atoms with van der Waals surface area (Å²) < 4.78 is 32.8. The van der Waals surface area contributed by atoms with Crippen LogP contribution in [0.3, 0.4) is 0 Å². The van der Waals surface area contributed by atoms with E-state index in [0.717, 1.165) is 6.07 Å².